The Morgan fingerprint density at radius 2 is 2.00 bits per heavy atom. The van der Waals surface area contributed by atoms with E-state index in [0.29, 0.717) is 11.1 Å². The standard InChI is InChI=1S/C11H19NO/c1-10(2)7-4-9-8-11(5-3-6-11)13-12(9)10/h9H,3-8H2,1-2H3. The van der Waals surface area contributed by atoms with Gasteiger partial charge in [0.05, 0.1) is 5.60 Å². The van der Waals surface area contributed by atoms with Crippen LogP contribution in [0.2, 0.25) is 0 Å². The molecule has 3 rings (SSSR count). The van der Waals surface area contributed by atoms with Gasteiger partial charge in [0.25, 0.3) is 0 Å². The average molecular weight is 181 g/mol. The SMILES string of the molecule is CC1(C)CCC2CC3(CCC3)ON21. The smallest absolute Gasteiger partial charge is 0.0915 e. The molecule has 0 aromatic carbocycles. The van der Waals surface area contributed by atoms with Gasteiger partial charge in [0.15, 0.2) is 0 Å². The maximum atomic E-state index is 6.16. The molecule has 3 fully saturated rings. The van der Waals surface area contributed by atoms with Crippen LogP contribution in [0, 0.1) is 0 Å². The van der Waals surface area contributed by atoms with Crippen LogP contribution in [0.3, 0.4) is 0 Å². The predicted molar refractivity (Wildman–Crippen MR) is 51.2 cm³/mol. The third-order valence-electron chi connectivity index (χ3n) is 4.18. The van der Waals surface area contributed by atoms with Crippen molar-refractivity contribution in [3.05, 3.63) is 0 Å². The zero-order chi connectivity index (χ0) is 9.10. The second kappa shape index (κ2) is 2.29. The number of rotatable bonds is 0. The number of hydrogen-bond donors (Lipinski definition) is 0. The lowest BCUT2D eigenvalue weighted by Gasteiger charge is -2.40. The van der Waals surface area contributed by atoms with Crippen molar-refractivity contribution in [2.45, 2.75) is 69.6 Å². The van der Waals surface area contributed by atoms with E-state index in [0.717, 1.165) is 6.04 Å². The van der Waals surface area contributed by atoms with Gasteiger partial charge in [-0.3, -0.25) is 4.84 Å². The van der Waals surface area contributed by atoms with E-state index in [1.54, 1.807) is 0 Å². The van der Waals surface area contributed by atoms with Crippen LogP contribution in [-0.2, 0) is 4.84 Å². The molecule has 2 heteroatoms. The van der Waals surface area contributed by atoms with Crippen LogP contribution < -0.4 is 0 Å². The summed E-state index contributed by atoms with van der Waals surface area (Å²) in [7, 11) is 0. The van der Waals surface area contributed by atoms with Crippen molar-refractivity contribution >= 4 is 0 Å². The van der Waals surface area contributed by atoms with E-state index >= 15 is 0 Å². The first-order valence-electron chi connectivity index (χ1n) is 5.60. The van der Waals surface area contributed by atoms with Crippen LogP contribution in [0.15, 0.2) is 0 Å². The number of hydrogen-bond acceptors (Lipinski definition) is 2. The van der Waals surface area contributed by atoms with E-state index in [1.807, 2.05) is 0 Å². The molecule has 2 saturated heterocycles. The van der Waals surface area contributed by atoms with Crippen molar-refractivity contribution in [1.29, 1.82) is 0 Å². The molecule has 0 radical (unpaired) electrons. The first kappa shape index (κ1) is 8.25. The normalized spacial score (nSPS) is 40.6. The summed E-state index contributed by atoms with van der Waals surface area (Å²) in [5.41, 5.74) is 0.589. The molecule has 0 bridgehead atoms. The minimum absolute atomic E-state index is 0.294. The number of hydroxylamine groups is 2. The van der Waals surface area contributed by atoms with Crippen LogP contribution in [0.25, 0.3) is 0 Å². The van der Waals surface area contributed by atoms with Crippen molar-refractivity contribution in [1.82, 2.24) is 5.06 Å². The monoisotopic (exact) mass is 181 g/mol. The fourth-order valence-electron chi connectivity index (χ4n) is 3.17. The second-order valence-electron chi connectivity index (χ2n) is 5.66. The molecule has 1 atom stereocenters. The lowest BCUT2D eigenvalue weighted by molar-refractivity contribution is -0.255. The Labute approximate surface area is 80.2 Å². The first-order chi connectivity index (χ1) is 6.11. The summed E-state index contributed by atoms with van der Waals surface area (Å²) in [6.45, 7) is 4.62. The van der Waals surface area contributed by atoms with E-state index in [2.05, 4.69) is 18.9 Å². The van der Waals surface area contributed by atoms with Crippen molar-refractivity contribution in [3.63, 3.8) is 0 Å². The summed E-state index contributed by atoms with van der Waals surface area (Å²) < 4.78 is 0. The maximum Gasteiger partial charge on any atom is 0.0915 e. The molecule has 1 aliphatic carbocycles. The molecule has 2 heterocycles. The van der Waals surface area contributed by atoms with Crippen LogP contribution in [0.5, 0.6) is 0 Å². The van der Waals surface area contributed by atoms with E-state index in [-0.39, 0.29) is 0 Å². The van der Waals surface area contributed by atoms with Gasteiger partial charge in [-0.2, -0.15) is 5.06 Å². The van der Waals surface area contributed by atoms with Crippen LogP contribution in [-0.4, -0.2) is 22.2 Å². The van der Waals surface area contributed by atoms with E-state index < -0.39 is 0 Å². The molecule has 0 amide bonds. The van der Waals surface area contributed by atoms with Crippen molar-refractivity contribution < 1.29 is 4.84 Å². The molecule has 1 spiro atoms. The van der Waals surface area contributed by atoms with Crippen molar-refractivity contribution in [2.75, 3.05) is 0 Å². The van der Waals surface area contributed by atoms with Gasteiger partial charge in [0, 0.05) is 11.6 Å². The van der Waals surface area contributed by atoms with Crippen LogP contribution >= 0.6 is 0 Å². The zero-order valence-corrected chi connectivity index (χ0v) is 8.68. The highest BCUT2D eigenvalue weighted by Crippen LogP contribution is 2.52. The van der Waals surface area contributed by atoms with E-state index in [1.165, 1.54) is 38.5 Å². The highest BCUT2D eigenvalue weighted by atomic mass is 16.7. The second-order valence-corrected chi connectivity index (χ2v) is 5.66. The summed E-state index contributed by atoms with van der Waals surface area (Å²) in [6, 6.07) is 0.732. The molecule has 1 unspecified atom stereocenters. The molecule has 2 aliphatic heterocycles. The molecular formula is C11H19NO. The Kier molecular flexibility index (Phi) is 1.45. The van der Waals surface area contributed by atoms with E-state index in [4.69, 9.17) is 4.84 Å². The molecular weight excluding hydrogens is 162 g/mol. The Hall–Kier alpha value is -0.0800. The van der Waals surface area contributed by atoms with Gasteiger partial charge in [0.2, 0.25) is 0 Å². The lowest BCUT2D eigenvalue weighted by atomic mass is 9.76. The highest BCUT2D eigenvalue weighted by molar-refractivity contribution is 5.03. The van der Waals surface area contributed by atoms with Gasteiger partial charge < -0.3 is 0 Å². The Morgan fingerprint density at radius 3 is 2.54 bits per heavy atom. The van der Waals surface area contributed by atoms with Gasteiger partial charge in [-0.05, 0) is 52.4 Å². The minimum atomic E-state index is 0.294. The van der Waals surface area contributed by atoms with Crippen LogP contribution in [0.1, 0.15) is 52.4 Å². The van der Waals surface area contributed by atoms with Crippen molar-refractivity contribution in [2.24, 2.45) is 0 Å². The molecule has 13 heavy (non-hydrogen) atoms. The Balaban J connectivity index is 1.82. The summed E-state index contributed by atoms with van der Waals surface area (Å²) in [5, 5.41) is 2.31. The van der Waals surface area contributed by atoms with Gasteiger partial charge in [-0.15, -0.1) is 0 Å². The maximum absolute atomic E-state index is 6.16. The summed E-state index contributed by atoms with van der Waals surface area (Å²) in [6.07, 6.45) is 7.92. The molecule has 74 valence electrons. The molecule has 0 aromatic heterocycles. The minimum Gasteiger partial charge on any atom is -0.292 e. The fourth-order valence-corrected chi connectivity index (χ4v) is 3.17. The summed E-state index contributed by atoms with van der Waals surface area (Å²) in [4.78, 5) is 6.16. The molecule has 0 aromatic rings. The third-order valence-corrected chi connectivity index (χ3v) is 4.18. The summed E-state index contributed by atoms with van der Waals surface area (Å²) >= 11 is 0. The number of fused-ring (bicyclic) bond motifs is 1. The number of nitrogens with zero attached hydrogens (tertiary/aromatic N) is 1. The van der Waals surface area contributed by atoms with Gasteiger partial charge in [0.1, 0.15) is 0 Å². The molecule has 3 aliphatic rings. The molecule has 1 saturated carbocycles. The van der Waals surface area contributed by atoms with Gasteiger partial charge in [-0.25, -0.2) is 0 Å². The Bertz CT molecular complexity index is 232. The highest BCUT2D eigenvalue weighted by Gasteiger charge is 2.55. The average Bonchev–Trinajstić information content (AvgIpc) is 2.48. The van der Waals surface area contributed by atoms with Gasteiger partial charge >= 0.3 is 0 Å². The quantitative estimate of drug-likeness (QED) is 0.569. The largest absolute Gasteiger partial charge is 0.292 e. The summed E-state index contributed by atoms with van der Waals surface area (Å²) in [5.74, 6) is 0. The van der Waals surface area contributed by atoms with Crippen molar-refractivity contribution in [3.8, 4) is 0 Å². The fraction of sp³-hybridized carbons (Fsp3) is 1.00. The first-order valence-corrected chi connectivity index (χ1v) is 5.60. The van der Waals surface area contributed by atoms with Crippen LogP contribution in [0.4, 0.5) is 0 Å². The molecule has 0 N–H and O–H groups in total. The zero-order valence-electron chi connectivity index (χ0n) is 8.68. The van der Waals surface area contributed by atoms with Gasteiger partial charge in [-0.1, -0.05) is 0 Å². The topological polar surface area (TPSA) is 12.5 Å². The lowest BCUT2D eigenvalue weighted by Crippen LogP contribution is -2.43. The Morgan fingerprint density at radius 1 is 1.23 bits per heavy atom. The molecule has 2 nitrogen and oxygen atoms in total. The third kappa shape index (κ3) is 1.02. The predicted octanol–water partition coefficient (Wildman–Crippen LogP) is 2.49. The van der Waals surface area contributed by atoms with E-state index in [9.17, 15) is 0 Å².